The van der Waals surface area contributed by atoms with Crippen LogP contribution in [0.25, 0.3) is 0 Å². The maximum absolute atomic E-state index is 12.0. The number of likely N-dealkylation sites (tertiary alicyclic amines) is 1. The lowest BCUT2D eigenvalue weighted by molar-refractivity contribution is 0.0910. The summed E-state index contributed by atoms with van der Waals surface area (Å²) in [5.41, 5.74) is 0.538. The third kappa shape index (κ3) is 3.44. The summed E-state index contributed by atoms with van der Waals surface area (Å²) < 4.78 is 10.4. The van der Waals surface area contributed by atoms with Crippen molar-refractivity contribution in [3.63, 3.8) is 0 Å². The van der Waals surface area contributed by atoms with Crippen LogP contribution in [-0.4, -0.2) is 54.9 Å². The summed E-state index contributed by atoms with van der Waals surface area (Å²) in [5, 5.41) is 6.64. The van der Waals surface area contributed by atoms with Crippen molar-refractivity contribution < 1.29 is 14.1 Å². The molecular formula is C15H23N3O3. The predicted octanol–water partition coefficient (Wildman–Crippen LogP) is 1.21. The Balaban J connectivity index is 1.41. The first kappa shape index (κ1) is 14.5. The highest BCUT2D eigenvalue weighted by Gasteiger charge is 2.27. The predicted molar refractivity (Wildman–Crippen MR) is 77.1 cm³/mol. The molecule has 0 bridgehead atoms. The summed E-state index contributed by atoms with van der Waals surface area (Å²) in [4.78, 5) is 14.5. The molecule has 1 N–H and O–H groups in total. The topological polar surface area (TPSA) is 67.6 Å². The van der Waals surface area contributed by atoms with E-state index in [-0.39, 0.29) is 5.91 Å². The normalized spacial score (nSPS) is 24.3. The summed E-state index contributed by atoms with van der Waals surface area (Å²) in [6.07, 6.45) is 4.92. The van der Waals surface area contributed by atoms with Crippen LogP contribution in [0.15, 0.2) is 10.7 Å². The number of aryl methyl sites for hydroxylation is 1. The standard InChI is InChI=1S/C15H23N3O3/c1-11-14(9-17-21-11)15(19)16-8-12-2-5-18(6-3-12)13-4-7-20-10-13/h9,12-13H,2-8,10H2,1H3,(H,16,19)/t13-/m0/s1. The third-order valence-electron chi connectivity index (χ3n) is 4.62. The van der Waals surface area contributed by atoms with E-state index in [9.17, 15) is 4.79 Å². The first-order chi connectivity index (χ1) is 10.2. The van der Waals surface area contributed by atoms with Crippen molar-refractivity contribution in [1.29, 1.82) is 0 Å². The number of amides is 1. The van der Waals surface area contributed by atoms with Gasteiger partial charge in [-0.2, -0.15) is 0 Å². The number of nitrogens with zero attached hydrogens (tertiary/aromatic N) is 2. The van der Waals surface area contributed by atoms with E-state index >= 15 is 0 Å². The van der Waals surface area contributed by atoms with Crippen LogP contribution in [-0.2, 0) is 4.74 Å². The number of rotatable bonds is 4. The molecule has 0 unspecified atom stereocenters. The fourth-order valence-electron chi connectivity index (χ4n) is 3.18. The van der Waals surface area contributed by atoms with Crippen LogP contribution in [0.4, 0.5) is 0 Å². The summed E-state index contributed by atoms with van der Waals surface area (Å²) in [6.45, 7) is 6.50. The molecule has 3 heterocycles. The second-order valence-electron chi connectivity index (χ2n) is 6.00. The van der Waals surface area contributed by atoms with Crippen LogP contribution >= 0.6 is 0 Å². The first-order valence-corrected chi connectivity index (χ1v) is 7.75. The van der Waals surface area contributed by atoms with Crippen molar-refractivity contribution in [2.75, 3.05) is 32.8 Å². The van der Waals surface area contributed by atoms with Gasteiger partial charge in [0, 0.05) is 19.2 Å². The second-order valence-corrected chi connectivity index (χ2v) is 6.00. The van der Waals surface area contributed by atoms with Gasteiger partial charge in [0.05, 0.1) is 12.8 Å². The van der Waals surface area contributed by atoms with E-state index in [2.05, 4.69) is 15.4 Å². The molecule has 6 heteroatoms. The molecular weight excluding hydrogens is 270 g/mol. The molecule has 3 rings (SSSR count). The average molecular weight is 293 g/mol. The van der Waals surface area contributed by atoms with Crippen molar-refractivity contribution in [2.45, 2.75) is 32.2 Å². The van der Waals surface area contributed by atoms with Crippen molar-refractivity contribution in [3.8, 4) is 0 Å². The number of aromatic nitrogens is 1. The van der Waals surface area contributed by atoms with E-state index < -0.39 is 0 Å². The van der Waals surface area contributed by atoms with Gasteiger partial charge in [-0.25, -0.2) is 0 Å². The Morgan fingerprint density at radius 2 is 2.24 bits per heavy atom. The number of piperidine rings is 1. The third-order valence-corrected chi connectivity index (χ3v) is 4.62. The van der Waals surface area contributed by atoms with Gasteiger partial charge in [-0.15, -0.1) is 0 Å². The Morgan fingerprint density at radius 3 is 2.86 bits per heavy atom. The monoisotopic (exact) mass is 293 g/mol. The quantitative estimate of drug-likeness (QED) is 0.904. The lowest BCUT2D eigenvalue weighted by atomic mass is 9.95. The molecule has 1 aromatic rings. The van der Waals surface area contributed by atoms with E-state index in [0.717, 1.165) is 52.1 Å². The number of hydrogen-bond acceptors (Lipinski definition) is 5. The zero-order chi connectivity index (χ0) is 14.7. The van der Waals surface area contributed by atoms with Crippen LogP contribution in [0.1, 0.15) is 35.4 Å². The molecule has 6 nitrogen and oxygen atoms in total. The highest BCUT2D eigenvalue weighted by Crippen LogP contribution is 2.22. The second kappa shape index (κ2) is 6.58. The van der Waals surface area contributed by atoms with Crippen molar-refractivity contribution in [2.24, 2.45) is 5.92 Å². The van der Waals surface area contributed by atoms with Gasteiger partial charge in [0.1, 0.15) is 11.3 Å². The number of hydrogen-bond donors (Lipinski definition) is 1. The minimum absolute atomic E-state index is 0.0830. The van der Waals surface area contributed by atoms with Crippen molar-refractivity contribution in [1.82, 2.24) is 15.4 Å². The van der Waals surface area contributed by atoms with E-state index in [1.807, 2.05) is 0 Å². The van der Waals surface area contributed by atoms with Gasteiger partial charge in [0.15, 0.2) is 0 Å². The molecule has 2 saturated heterocycles. The maximum atomic E-state index is 12.0. The van der Waals surface area contributed by atoms with Crippen LogP contribution in [0.3, 0.4) is 0 Å². The molecule has 1 amide bonds. The molecule has 0 aliphatic carbocycles. The van der Waals surface area contributed by atoms with Gasteiger partial charge in [0.2, 0.25) is 0 Å². The zero-order valence-corrected chi connectivity index (χ0v) is 12.5. The molecule has 2 aliphatic rings. The number of nitrogens with one attached hydrogen (secondary N) is 1. The number of ether oxygens (including phenoxy) is 1. The molecule has 0 saturated carbocycles. The summed E-state index contributed by atoms with van der Waals surface area (Å²) in [5.74, 6) is 1.05. The number of carbonyl (C=O) groups excluding carboxylic acids is 1. The van der Waals surface area contributed by atoms with E-state index in [1.54, 1.807) is 6.92 Å². The SMILES string of the molecule is Cc1oncc1C(=O)NCC1CCN([C@H]2CCOC2)CC1. The van der Waals surface area contributed by atoms with E-state index in [0.29, 0.717) is 23.3 Å². The Labute approximate surface area is 124 Å². The Hall–Kier alpha value is -1.40. The highest BCUT2D eigenvalue weighted by molar-refractivity contribution is 5.94. The molecule has 21 heavy (non-hydrogen) atoms. The van der Waals surface area contributed by atoms with Gasteiger partial charge in [-0.1, -0.05) is 5.16 Å². The lowest BCUT2D eigenvalue weighted by Crippen LogP contribution is -2.44. The number of carbonyl (C=O) groups is 1. The van der Waals surface area contributed by atoms with E-state index in [4.69, 9.17) is 9.26 Å². The smallest absolute Gasteiger partial charge is 0.256 e. The molecule has 2 fully saturated rings. The Morgan fingerprint density at radius 1 is 1.43 bits per heavy atom. The summed E-state index contributed by atoms with van der Waals surface area (Å²) >= 11 is 0. The minimum atomic E-state index is -0.0830. The van der Waals surface area contributed by atoms with Crippen LogP contribution in [0.2, 0.25) is 0 Å². The maximum Gasteiger partial charge on any atom is 0.256 e. The molecule has 1 aromatic heterocycles. The summed E-state index contributed by atoms with van der Waals surface area (Å²) in [6, 6.07) is 0.611. The van der Waals surface area contributed by atoms with Gasteiger partial charge < -0.3 is 14.6 Å². The lowest BCUT2D eigenvalue weighted by Gasteiger charge is -2.35. The largest absolute Gasteiger partial charge is 0.380 e. The van der Waals surface area contributed by atoms with Gasteiger partial charge in [0.25, 0.3) is 5.91 Å². The Bertz CT molecular complexity index is 474. The van der Waals surface area contributed by atoms with Crippen LogP contribution in [0.5, 0.6) is 0 Å². The molecule has 0 aromatic carbocycles. The van der Waals surface area contributed by atoms with Crippen LogP contribution < -0.4 is 5.32 Å². The molecule has 2 aliphatic heterocycles. The average Bonchev–Trinajstić information content (AvgIpc) is 3.16. The van der Waals surface area contributed by atoms with Crippen molar-refractivity contribution >= 4 is 5.91 Å². The fourth-order valence-corrected chi connectivity index (χ4v) is 3.18. The molecule has 0 spiro atoms. The van der Waals surface area contributed by atoms with Crippen LogP contribution in [0, 0.1) is 12.8 Å². The first-order valence-electron chi connectivity index (χ1n) is 7.75. The van der Waals surface area contributed by atoms with Gasteiger partial charge in [-0.3, -0.25) is 9.69 Å². The van der Waals surface area contributed by atoms with Gasteiger partial charge >= 0.3 is 0 Å². The fraction of sp³-hybridized carbons (Fsp3) is 0.733. The zero-order valence-electron chi connectivity index (χ0n) is 12.5. The molecule has 1 atom stereocenters. The van der Waals surface area contributed by atoms with Crippen molar-refractivity contribution in [3.05, 3.63) is 17.5 Å². The van der Waals surface area contributed by atoms with E-state index in [1.165, 1.54) is 6.20 Å². The Kier molecular flexibility index (Phi) is 4.55. The highest BCUT2D eigenvalue weighted by atomic mass is 16.5. The molecule has 116 valence electrons. The summed E-state index contributed by atoms with van der Waals surface area (Å²) in [7, 11) is 0. The molecule has 0 radical (unpaired) electrons. The minimum Gasteiger partial charge on any atom is -0.380 e. The van der Waals surface area contributed by atoms with Gasteiger partial charge in [-0.05, 0) is 45.2 Å².